The van der Waals surface area contributed by atoms with Crippen LogP contribution in [0.5, 0.6) is 0 Å². The van der Waals surface area contributed by atoms with E-state index in [2.05, 4.69) is 10.6 Å². The molecule has 0 aromatic carbocycles. The number of guanidine groups is 1. The van der Waals surface area contributed by atoms with Crippen molar-refractivity contribution < 1.29 is 8.42 Å². The molecule has 1 saturated heterocycles. The van der Waals surface area contributed by atoms with E-state index in [0.29, 0.717) is 30.1 Å². The first-order valence-corrected chi connectivity index (χ1v) is 11.7. The van der Waals surface area contributed by atoms with Crippen molar-refractivity contribution in [1.82, 2.24) is 10.6 Å². The maximum atomic E-state index is 11.6. The van der Waals surface area contributed by atoms with Gasteiger partial charge in [0.05, 0.1) is 11.5 Å². The molecule has 0 amide bonds. The highest BCUT2D eigenvalue weighted by molar-refractivity contribution is 7.91. The third-order valence-electron chi connectivity index (χ3n) is 6.38. The summed E-state index contributed by atoms with van der Waals surface area (Å²) in [7, 11) is -2.80. The van der Waals surface area contributed by atoms with Crippen molar-refractivity contribution in [2.45, 2.75) is 69.9 Å². The van der Waals surface area contributed by atoms with Crippen LogP contribution < -0.4 is 10.6 Å². The largest absolute Gasteiger partial charge is 0.354 e. The van der Waals surface area contributed by atoms with Gasteiger partial charge in [-0.2, -0.15) is 0 Å². The predicted octanol–water partition coefficient (Wildman–Crippen LogP) is 2.09. The molecular weight excluding hydrogens is 322 g/mol. The van der Waals surface area contributed by atoms with Crippen molar-refractivity contribution in [2.24, 2.45) is 22.7 Å². The Balaban J connectivity index is 1.33. The number of sulfone groups is 1. The molecule has 6 heteroatoms. The zero-order valence-corrected chi connectivity index (χ0v) is 15.4. The topological polar surface area (TPSA) is 70.6 Å². The molecule has 1 aliphatic heterocycles. The molecule has 0 aromatic heterocycles. The van der Waals surface area contributed by atoms with Gasteiger partial charge in [-0.15, -0.1) is 0 Å². The van der Waals surface area contributed by atoms with Gasteiger partial charge < -0.3 is 10.6 Å². The molecule has 2 N–H and O–H groups in total. The van der Waals surface area contributed by atoms with Crippen LogP contribution in [0.1, 0.15) is 57.8 Å². The van der Waals surface area contributed by atoms with Gasteiger partial charge >= 0.3 is 0 Å². The first kappa shape index (κ1) is 16.7. The van der Waals surface area contributed by atoms with Gasteiger partial charge in [0.1, 0.15) is 0 Å². The van der Waals surface area contributed by atoms with Gasteiger partial charge in [0.2, 0.25) is 0 Å². The Morgan fingerprint density at radius 3 is 2.42 bits per heavy atom. The molecular formula is C18H31N3O2S. The predicted molar refractivity (Wildman–Crippen MR) is 96.8 cm³/mol. The number of fused-ring (bicyclic) bond motifs is 1. The highest BCUT2D eigenvalue weighted by atomic mass is 32.2. The number of nitrogens with zero attached hydrogens (tertiary/aromatic N) is 1. The fraction of sp³-hybridized carbons (Fsp3) is 0.944. The number of hydrogen-bond donors (Lipinski definition) is 2. The zero-order valence-electron chi connectivity index (χ0n) is 14.5. The normalized spacial score (nSPS) is 38.8. The van der Waals surface area contributed by atoms with E-state index in [-0.39, 0.29) is 5.92 Å². The average Bonchev–Trinajstić information content (AvgIpc) is 3.11. The van der Waals surface area contributed by atoms with Crippen LogP contribution in [0.2, 0.25) is 0 Å². The van der Waals surface area contributed by atoms with E-state index < -0.39 is 9.84 Å². The minimum Gasteiger partial charge on any atom is -0.354 e. The molecule has 4 aliphatic rings. The molecule has 4 atom stereocenters. The van der Waals surface area contributed by atoms with Crippen molar-refractivity contribution >= 4 is 15.8 Å². The summed E-state index contributed by atoms with van der Waals surface area (Å²) in [6.45, 7) is 0.639. The minimum atomic E-state index is -2.80. The van der Waals surface area contributed by atoms with Gasteiger partial charge in [-0.1, -0.05) is 19.3 Å². The molecule has 0 radical (unpaired) electrons. The van der Waals surface area contributed by atoms with Crippen LogP contribution in [0.4, 0.5) is 0 Å². The lowest BCUT2D eigenvalue weighted by Gasteiger charge is -2.33. The summed E-state index contributed by atoms with van der Waals surface area (Å²) >= 11 is 0. The van der Waals surface area contributed by atoms with Crippen molar-refractivity contribution in [2.75, 3.05) is 18.1 Å². The zero-order chi connectivity index (χ0) is 16.6. The summed E-state index contributed by atoms with van der Waals surface area (Å²) in [5.41, 5.74) is 0. The van der Waals surface area contributed by atoms with Gasteiger partial charge in [-0.3, -0.25) is 4.99 Å². The van der Waals surface area contributed by atoms with E-state index in [1.165, 1.54) is 51.4 Å². The SMILES string of the molecule is O=S1(=O)CCC(CN=C(NC2CC2)NC2CCC3CCCC3C2)C1. The molecule has 5 nitrogen and oxygen atoms in total. The molecule has 0 aromatic rings. The molecule has 4 rings (SSSR count). The van der Waals surface area contributed by atoms with E-state index in [1.54, 1.807) is 0 Å². The fourth-order valence-electron chi connectivity index (χ4n) is 4.82. The maximum Gasteiger partial charge on any atom is 0.191 e. The fourth-order valence-corrected chi connectivity index (χ4v) is 6.67. The van der Waals surface area contributed by atoms with E-state index >= 15 is 0 Å². The average molecular weight is 354 g/mol. The van der Waals surface area contributed by atoms with Crippen LogP contribution in [-0.4, -0.2) is 44.5 Å². The van der Waals surface area contributed by atoms with Crippen LogP contribution in [0, 0.1) is 17.8 Å². The minimum absolute atomic E-state index is 0.207. The van der Waals surface area contributed by atoms with Gasteiger partial charge in [0.25, 0.3) is 0 Å². The van der Waals surface area contributed by atoms with Gasteiger partial charge in [0.15, 0.2) is 15.8 Å². The first-order chi connectivity index (χ1) is 11.6. The van der Waals surface area contributed by atoms with E-state index in [9.17, 15) is 8.42 Å². The summed E-state index contributed by atoms with van der Waals surface area (Å²) in [6.07, 6.45) is 11.4. The van der Waals surface area contributed by atoms with Crippen LogP contribution in [0.3, 0.4) is 0 Å². The lowest BCUT2D eigenvalue weighted by atomic mass is 9.79. The highest BCUT2D eigenvalue weighted by Crippen LogP contribution is 2.42. The Bertz CT molecular complexity index is 585. The smallest absolute Gasteiger partial charge is 0.191 e. The summed E-state index contributed by atoms with van der Waals surface area (Å²) in [5.74, 6) is 3.70. The number of aliphatic imine (C=N–C) groups is 1. The third kappa shape index (κ3) is 4.24. The van der Waals surface area contributed by atoms with Crippen molar-refractivity contribution in [1.29, 1.82) is 0 Å². The lowest BCUT2D eigenvalue weighted by Crippen LogP contribution is -2.47. The molecule has 4 unspecified atom stereocenters. The molecule has 3 aliphatic carbocycles. The third-order valence-corrected chi connectivity index (χ3v) is 8.22. The Kier molecular flexibility index (Phi) is 4.76. The summed E-state index contributed by atoms with van der Waals surface area (Å²) < 4.78 is 23.2. The number of rotatable bonds is 4. The lowest BCUT2D eigenvalue weighted by molar-refractivity contribution is 0.239. The first-order valence-electron chi connectivity index (χ1n) is 9.85. The summed E-state index contributed by atoms with van der Waals surface area (Å²) in [5, 5.41) is 7.21. The van der Waals surface area contributed by atoms with Crippen LogP contribution in [0.25, 0.3) is 0 Å². The van der Waals surface area contributed by atoms with Gasteiger partial charge in [-0.05, 0) is 56.3 Å². The standard InChI is InChI=1S/C18H31N3O2S/c22-24(23)9-8-13(12-24)11-19-18(20-16-6-7-16)21-17-5-4-14-2-1-3-15(14)10-17/h13-17H,1-12H2,(H2,19,20,21). The Hall–Kier alpha value is -0.780. The monoisotopic (exact) mass is 353 g/mol. The quantitative estimate of drug-likeness (QED) is 0.600. The summed E-state index contributed by atoms with van der Waals surface area (Å²) in [6, 6.07) is 1.12. The molecule has 1 heterocycles. The van der Waals surface area contributed by atoms with Crippen molar-refractivity contribution in [3.05, 3.63) is 0 Å². The Morgan fingerprint density at radius 2 is 1.67 bits per heavy atom. The van der Waals surface area contributed by atoms with E-state index in [1.807, 2.05) is 0 Å². The Labute approximate surface area is 146 Å². The van der Waals surface area contributed by atoms with Crippen molar-refractivity contribution in [3.63, 3.8) is 0 Å². The molecule has 3 saturated carbocycles. The van der Waals surface area contributed by atoms with E-state index in [0.717, 1.165) is 24.2 Å². The maximum absolute atomic E-state index is 11.6. The highest BCUT2D eigenvalue weighted by Gasteiger charge is 2.34. The second-order valence-corrected chi connectivity index (χ2v) is 10.7. The molecule has 136 valence electrons. The molecule has 0 bridgehead atoms. The summed E-state index contributed by atoms with van der Waals surface area (Å²) in [4.78, 5) is 4.76. The Morgan fingerprint density at radius 1 is 0.917 bits per heavy atom. The number of nitrogens with one attached hydrogen (secondary N) is 2. The van der Waals surface area contributed by atoms with Gasteiger partial charge in [-0.25, -0.2) is 8.42 Å². The molecule has 0 spiro atoms. The second-order valence-electron chi connectivity index (χ2n) is 8.48. The van der Waals surface area contributed by atoms with Crippen LogP contribution >= 0.6 is 0 Å². The van der Waals surface area contributed by atoms with Crippen molar-refractivity contribution in [3.8, 4) is 0 Å². The molecule has 4 fully saturated rings. The molecule has 24 heavy (non-hydrogen) atoms. The second kappa shape index (κ2) is 6.85. The van der Waals surface area contributed by atoms with Crippen LogP contribution in [0.15, 0.2) is 4.99 Å². The van der Waals surface area contributed by atoms with Gasteiger partial charge in [0, 0.05) is 18.6 Å². The van der Waals surface area contributed by atoms with E-state index in [4.69, 9.17) is 4.99 Å². The number of hydrogen-bond acceptors (Lipinski definition) is 3. The van der Waals surface area contributed by atoms with Crippen LogP contribution in [-0.2, 0) is 9.84 Å².